The van der Waals surface area contributed by atoms with Crippen LogP contribution >= 0.6 is 43.5 Å². The minimum atomic E-state index is 0.0828. The van der Waals surface area contributed by atoms with E-state index in [2.05, 4.69) is 51.8 Å². The molecule has 13 heavy (non-hydrogen) atoms. The van der Waals surface area contributed by atoms with Crippen molar-refractivity contribution in [1.82, 2.24) is 0 Å². The summed E-state index contributed by atoms with van der Waals surface area (Å²) in [5, 5.41) is 0.0828. The van der Waals surface area contributed by atoms with Crippen LogP contribution in [0.2, 0.25) is 0 Å². The summed E-state index contributed by atoms with van der Waals surface area (Å²) in [6, 6.07) is 0. The fraction of sp³-hybridized carbons (Fsp3) is 0.600. The first-order valence-corrected chi connectivity index (χ1v) is 6.52. The van der Waals surface area contributed by atoms with E-state index < -0.39 is 0 Å². The van der Waals surface area contributed by atoms with E-state index in [1.165, 1.54) is 5.57 Å². The van der Waals surface area contributed by atoms with Crippen LogP contribution in [-0.4, -0.2) is 10.2 Å². The van der Waals surface area contributed by atoms with Crippen LogP contribution in [0, 0.1) is 5.41 Å². The Balaban J connectivity index is 2.92. The lowest BCUT2D eigenvalue weighted by molar-refractivity contribution is 0.348. The van der Waals surface area contributed by atoms with Crippen LogP contribution in [0.4, 0.5) is 0 Å². The van der Waals surface area contributed by atoms with Crippen LogP contribution in [0.15, 0.2) is 22.7 Å². The van der Waals surface area contributed by atoms with Crippen molar-refractivity contribution in [2.75, 3.05) is 0 Å². The molecule has 1 aliphatic carbocycles. The largest absolute Gasteiger partial charge is 0.117 e. The maximum absolute atomic E-state index is 6.38. The predicted molar refractivity (Wildman–Crippen MR) is 66.9 cm³/mol. The average molecular weight is 328 g/mol. The van der Waals surface area contributed by atoms with Gasteiger partial charge in [0.25, 0.3) is 0 Å². The molecule has 0 amide bonds. The third-order valence-electron chi connectivity index (χ3n) is 2.57. The molecule has 1 aliphatic rings. The second-order valence-corrected chi connectivity index (χ2v) is 5.95. The van der Waals surface area contributed by atoms with Crippen molar-refractivity contribution in [2.24, 2.45) is 5.41 Å². The molecule has 0 N–H and O–H groups in total. The Kier molecular flexibility index (Phi) is 4.09. The second kappa shape index (κ2) is 4.50. The predicted octanol–water partition coefficient (Wildman–Crippen LogP) is 4.62. The smallest absolute Gasteiger partial charge is 0.0644 e. The maximum Gasteiger partial charge on any atom is 0.0644 e. The first-order chi connectivity index (χ1) is 6.00. The van der Waals surface area contributed by atoms with Gasteiger partial charge in [-0.15, -0.1) is 11.6 Å². The van der Waals surface area contributed by atoms with Crippen molar-refractivity contribution in [1.29, 1.82) is 0 Å². The molecule has 0 bridgehead atoms. The molecule has 74 valence electrons. The summed E-state index contributed by atoms with van der Waals surface area (Å²) in [7, 11) is 0. The normalized spacial score (nSPS) is 33.5. The number of rotatable bonds is 1. The summed E-state index contributed by atoms with van der Waals surface area (Å²) < 4.78 is 0. The molecule has 0 aromatic heterocycles. The number of hydrogen-bond acceptors (Lipinski definition) is 0. The summed E-state index contributed by atoms with van der Waals surface area (Å²) in [5.41, 5.74) is 1.32. The monoisotopic (exact) mass is 326 g/mol. The van der Waals surface area contributed by atoms with Crippen molar-refractivity contribution in [3.8, 4) is 0 Å². The lowest BCUT2D eigenvalue weighted by atomic mass is 9.77. The molecule has 0 heterocycles. The van der Waals surface area contributed by atoms with Gasteiger partial charge in [-0.05, 0) is 22.4 Å². The molecular weight excluding hydrogens is 315 g/mol. The van der Waals surface area contributed by atoms with Gasteiger partial charge in [0.1, 0.15) is 0 Å². The Morgan fingerprint density at radius 1 is 1.62 bits per heavy atom. The lowest BCUT2D eigenvalue weighted by Gasteiger charge is -2.38. The highest BCUT2D eigenvalue weighted by Crippen LogP contribution is 2.43. The molecule has 0 aromatic carbocycles. The van der Waals surface area contributed by atoms with Gasteiger partial charge < -0.3 is 0 Å². The molecule has 2 atom stereocenters. The van der Waals surface area contributed by atoms with Crippen LogP contribution in [-0.2, 0) is 0 Å². The fourth-order valence-electron chi connectivity index (χ4n) is 1.46. The van der Waals surface area contributed by atoms with Gasteiger partial charge in [0.05, 0.1) is 5.38 Å². The van der Waals surface area contributed by atoms with E-state index in [0.717, 1.165) is 6.42 Å². The number of alkyl halides is 2. The Morgan fingerprint density at radius 2 is 2.23 bits per heavy atom. The van der Waals surface area contributed by atoms with Gasteiger partial charge in [-0.3, -0.25) is 0 Å². The Labute approximate surface area is 102 Å². The van der Waals surface area contributed by atoms with Crippen LogP contribution in [0.3, 0.4) is 0 Å². The van der Waals surface area contributed by atoms with Gasteiger partial charge in [-0.1, -0.05) is 57.9 Å². The molecule has 0 radical (unpaired) electrons. The topological polar surface area (TPSA) is 0 Å². The Hall–Kier alpha value is 0.730. The third-order valence-corrected chi connectivity index (χ3v) is 5.20. The molecule has 3 heteroatoms. The molecule has 1 rings (SSSR count). The molecule has 0 fully saturated rings. The zero-order valence-corrected chi connectivity index (χ0v) is 11.7. The van der Waals surface area contributed by atoms with Gasteiger partial charge in [-0.2, -0.15) is 0 Å². The van der Waals surface area contributed by atoms with E-state index in [4.69, 9.17) is 11.6 Å². The summed E-state index contributed by atoms with van der Waals surface area (Å²) in [5.74, 6) is 0. The van der Waals surface area contributed by atoms with Crippen molar-refractivity contribution in [3.05, 3.63) is 22.7 Å². The van der Waals surface area contributed by atoms with Crippen LogP contribution < -0.4 is 0 Å². The van der Waals surface area contributed by atoms with Gasteiger partial charge in [0.15, 0.2) is 0 Å². The van der Waals surface area contributed by atoms with Crippen LogP contribution in [0.1, 0.15) is 20.3 Å². The van der Waals surface area contributed by atoms with E-state index >= 15 is 0 Å². The molecule has 0 spiro atoms. The summed E-state index contributed by atoms with van der Waals surface area (Å²) in [6.07, 6.45) is 5.27. The zero-order valence-electron chi connectivity index (χ0n) is 7.73. The minimum absolute atomic E-state index is 0.0828. The van der Waals surface area contributed by atoms with Crippen molar-refractivity contribution < 1.29 is 0 Å². The van der Waals surface area contributed by atoms with Crippen LogP contribution in [0.25, 0.3) is 0 Å². The van der Waals surface area contributed by atoms with E-state index in [0.29, 0.717) is 4.83 Å². The zero-order chi connectivity index (χ0) is 10.1. The highest BCUT2D eigenvalue weighted by molar-refractivity contribution is 9.11. The quantitative estimate of drug-likeness (QED) is 0.616. The summed E-state index contributed by atoms with van der Waals surface area (Å²) in [4.78, 5) is 2.33. The van der Waals surface area contributed by atoms with Crippen molar-refractivity contribution in [3.63, 3.8) is 0 Å². The third kappa shape index (κ3) is 2.40. The molecule has 0 saturated heterocycles. The highest BCUT2D eigenvalue weighted by atomic mass is 79.9. The van der Waals surface area contributed by atoms with Crippen molar-refractivity contribution in [2.45, 2.75) is 30.5 Å². The highest BCUT2D eigenvalue weighted by Gasteiger charge is 2.38. The van der Waals surface area contributed by atoms with Crippen LogP contribution in [0.5, 0.6) is 0 Å². The van der Waals surface area contributed by atoms with E-state index in [-0.39, 0.29) is 10.8 Å². The van der Waals surface area contributed by atoms with Gasteiger partial charge in [0.2, 0.25) is 0 Å². The maximum atomic E-state index is 6.38. The first-order valence-electron chi connectivity index (χ1n) is 4.25. The number of halogens is 3. The van der Waals surface area contributed by atoms with Gasteiger partial charge in [-0.25, -0.2) is 0 Å². The molecule has 0 aromatic rings. The van der Waals surface area contributed by atoms with E-state index in [1.807, 2.05) is 11.1 Å². The molecule has 0 aliphatic heterocycles. The minimum Gasteiger partial charge on any atom is -0.117 e. The van der Waals surface area contributed by atoms with E-state index in [9.17, 15) is 0 Å². The standard InChI is InChI=1S/C10H13Br2Cl/c1-10(2)8(12)4-3-7(5-6-11)9(10)13/h3,5-6,8-9H,4H2,1-2H3/b6-5+/t8-,9-/m1/s1. The molecule has 0 unspecified atom stereocenters. The van der Waals surface area contributed by atoms with Crippen molar-refractivity contribution >= 4 is 43.5 Å². The second-order valence-electron chi connectivity index (χ2n) is 3.88. The first kappa shape index (κ1) is 11.8. The molecule has 0 saturated carbocycles. The Morgan fingerprint density at radius 3 is 2.77 bits per heavy atom. The molecular formula is C10H13Br2Cl. The fourth-order valence-corrected chi connectivity index (χ4v) is 2.68. The number of allylic oxidation sites excluding steroid dienone is 3. The summed E-state index contributed by atoms with van der Waals surface area (Å²) >= 11 is 13.3. The number of hydrogen-bond donors (Lipinski definition) is 0. The average Bonchev–Trinajstić information content (AvgIpc) is 2.08. The lowest BCUT2D eigenvalue weighted by Crippen LogP contribution is -2.37. The summed E-state index contributed by atoms with van der Waals surface area (Å²) in [6.45, 7) is 4.39. The Bertz CT molecular complexity index is 243. The van der Waals surface area contributed by atoms with Gasteiger partial charge >= 0.3 is 0 Å². The van der Waals surface area contributed by atoms with Gasteiger partial charge in [0, 0.05) is 4.83 Å². The SMILES string of the molecule is CC1(C)[C@H](Br)CC=C(/C=C/Br)[C@H]1Cl. The molecule has 0 nitrogen and oxygen atoms in total. The van der Waals surface area contributed by atoms with E-state index in [1.54, 1.807) is 0 Å².